The lowest BCUT2D eigenvalue weighted by atomic mass is 10.0. The molecule has 20 heavy (non-hydrogen) atoms. The molecule has 0 aromatic rings. The fourth-order valence-corrected chi connectivity index (χ4v) is 1.55. The molecule has 1 amide bonds. The van der Waals surface area contributed by atoms with Crippen molar-refractivity contribution in [2.45, 2.75) is 72.1 Å². The van der Waals surface area contributed by atoms with E-state index in [1.807, 2.05) is 27.7 Å². The Morgan fingerprint density at radius 1 is 1.10 bits per heavy atom. The fourth-order valence-electron chi connectivity index (χ4n) is 1.55. The summed E-state index contributed by atoms with van der Waals surface area (Å²) in [5, 5.41) is 2.74. The number of nitrogens with one attached hydrogen (secondary N) is 1. The maximum atomic E-state index is 12.1. The van der Waals surface area contributed by atoms with Gasteiger partial charge in [-0.2, -0.15) is 0 Å². The maximum Gasteiger partial charge on any atom is 0.329 e. The van der Waals surface area contributed by atoms with E-state index in [-0.39, 0.29) is 18.2 Å². The fraction of sp³-hybridized carbons (Fsp3) is 0.867. The van der Waals surface area contributed by atoms with Gasteiger partial charge in [0.25, 0.3) is 0 Å². The average molecular weight is 287 g/mol. The van der Waals surface area contributed by atoms with Gasteiger partial charge < -0.3 is 14.8 Å². The Kier molecular flexibility index (Phi) is 6.68. The lowest BCUT2D eigenvalue weighted by Crippen LogP contribution is -2.48. The molecule has 0 aromatic heterocycles. The van der Waals surface area contributed by atoms with E-state index in [9.17, 15) is 9.59 Å². The predicted octanol–water partition coefficient (Wildman–Crippen LogP) is 2.28. The zero-order chi connectivity index (χ0) is 16.1. The van der Waals surface area contributed by atoms with Gasteiger partial charge in [0, 0.05) is 7.11 Å². The second-order valence-corrected chi connectivity index (χ2v) is 6.96. The van der Waals surface area contributed by atoms with Crippen molar-refractivity contribution in [2.75, 3.05) is 7.11 Å². The van der Waals surface area contributed by atoms with Crippen LogP contribution in [0.3, 0.4) is 0 Å². The molecule has 0 saturated heterocycles. The van der Waals surface area contributed by atoms with E-state index in [1.165, 1.54) is 0 Å². The summed E-state index contributed by atoms with van der Waals surface area (Å²) in [6, 6.07) is -0.644. The summed E-state index contributed by atoms with van der Waals surface area (Å²) in [5.74, 6) is -0.670. The first-order chi connectivity index (χ1) is 8.88. The number of hydrogen-bond donors (Lipinski definition) is 1. The Labute approximate surface area is 122 Å². The first-order valence-corrected chi connectivity index (χ1v) is 6.95. The Hall–Kier alpha value is -1.10. The molecule has 118 valence electrons. The van der Waals surface area contributed by atoms with Gasteiger partial charge in [0.05, 0.1) is 12.0 Å². The van der Waals surface area contributed by atoms with Crippen LogP contribution in [-0.4, -0.2) is 36.2 Å². The third-order valence-electron chi connectivity index (χ3n) is 2.78. The summed E-state index contributed by atoms with van der Waals surface area (Å²) in [6.45, 7) is 12.8. The molecular weight excluding hydrogens is 258 g/mol. The first-order valence-electron chi connectivity index (χ1n) is 6.95. The third kappa shape index (κ3) is 7.48. The van der Waals surface area contributed by atoms with Crippen LogP contribution in [0.4, 0.5) is 0 Å². The summed E-state index contributed by atoms with van der Waals surface area (Å²) in [6.07, 6.45) is 0.190. The number of amides is 1. The Morgan fingerprint density at radius 2 is 1.60 bits per heavy atom. The summed E-state index contributed by atoms with van der Waals surface area (Å²) in [5.41, 5.74) is -1.12. The van der Waals surface area contributed by atoms with Crippen LogP contribution in [0.1, 0.15) is 54.9 Å². The normalized spacial score (nSPS) is 14.1. The van der Waals surface area contributed by atoms with Crippen molar-refractivity contribution in [3.05, 3.63) is 0 Å². The van der Waals surface area contributed by atoms with Crippen LogP contribution in [-0.2, 0) is 19.1 Å². The molecule has 0 aliphatic carbocycles. The Morgan fingerprint density at radius 3 is 1.95 bits per heavy atom. The van der Waals surface area contributed by atoms with Crippen LogP contribution in [0.25, 0.3) is 0 Å². The van der Waals surface area contributed by atoms with Gasteiger partial charge in [0.2, 0.25) is 5.91 Å². The number of methoxy groups -OCH3 is 1. The van der Waals surface area contributed by atoms with E-state index in [4.69, 9.17) is 9.47 Å². The van der Waals surface area contributed by atoms with Crippen molar-refractivity contribution in [2.24, 2.45) is 5.92 Å². The molecule has 0 rings (SSSR count). The van der Waals surface area contributed by atoms with E-state index in [2.05, 4.69) is 5.32 Å². The zero-order valence-electron chi connectivity index (χ0n) is 14.0. The smallest absolute Gasteiger partial charge is 0.329 e. The molecular formula is C15H29NO4. The maximum absolute atomic E-state index is 12.1. The van der Waals surface area contributed by atoms with Gasteiger partial charge >= 0.3 is 5.97 Å². The van der Waals surface area contributed by atoms with E-state index in [0.717, 1.165) is 0 Å². The summed E-state index contributed by atoms with van der Waals surface area (Å²) in [7, 11) is 1.56. The molecule has 0 unspecified atom stereocenters. The second-order valence-electron chi connectivity index (χ2n) is 6.96. The largest absolute Gasteiger partial charge is 0.458 e. The minimum absolute atomic E-state index is 0.0422. The number of ether oxygens (including phenoxy) is 2. The van der Waals surface area contributed by atoms with Crippen LogP contribution in [0.15, 0.2) is 0 Å². The van der Waals surface area contributed by atoms with E-state index < -0.39 is 23.2 Å². The molecule has 1 N–H and O–H groups in total. The average Bonchev–Trinajstić information content (AvgIpc) is 2.22. The standard InChI is InChI=1S/C15H29NO4/c1-10(2)12(13(18)20-14(3,4)5)16-11(17)9-15(6,7)19-8/h10,12H,9H2,1-8H3,(H,16,17)/t12-/m1/s1. The van der Waals surface area contributed by atoms with Crippen LogP contribution in [0.2, 0.25) is 0 Å². The second kappa shape index (κ2) is 7.07. The number of hydrogen-bond acceptors (Lipinski definition) is 4. The molecule has 1 atom stereocenters. The van der Waals surface area contributed by atoms with E-state index in [0.29, 0.717) is 0 Å². The topological polar surface area (TPSA) is 64.6 Å². The van der Waals surface area contributed by atoms with Crippen LogP contribution >= 0.6 is 0 Å². The SMILES string of the molecule is COC(C)(C)CC(=O)N[C@@H](C(=O)OC(C)(C)C)C(C)C. The zero-order valence-corrected chi connectivity index (χ0v) is 14.0. The van der Waals surface area contributed by atoms with Gasteiger partial charge in [-0.3, -0.25) is 4.79 Å². The highest BCUT2D eigenvalue weighted by molar-refractivity contribution is 5.85. The van der Waals surface area contributed by atoms with Gasteiger partial charge in [0.1, 0.15) is 11.6 Å². The molecule has 5 nitrogen and oxygen atoms in total. The molecule has 0 aromatic carbocycles. The highest BCUT2D eigenvalue weighted by Gasteiger charge is 2.30. The first kappa shape index (κ1) is 18.9. The van der Waals surface area contributed by atoms with Gasteiger partial charge in [-0.15, -0.1) is 0 Å². The summed E-state index contributed by atoms with van der Waals surface area (Å²) < 4.78 is 10.5. The lowest BCUT2D eigenvalue weighted by molar-refractivity contribution is -0.160. The number of carbonyl (C=O) groups excluding carboxylic acids is 2. The van der Waals surface area contributed by atoms with Gasteiger partial charge in [-0.1, -0.05) is 13.8 Å². The predicted molar refractivity (Wildman–Crippen MR) is 78.3 cm³/mol. The molecule has 5 heteroatoms. The van der Waals surface area contributed by atoms with E-state index >= 15 is 0 Å². The summed E-state index contributed by atoms with van der Waals surface area (Å²) in [4.78, 5) is 24.1. The molecule has 0 aliphatic rings. The summed E-state index contributed by atoms with van der Waals surface area (Å²) >= 11 is 0. The minimum atomic E-state index is -0.644. The van der Waals surface area contributed by atoms with Crippen molar-refractivity contribution in [1.29, 1.82) is 0 Å². The molecule has 0 radical (unpaired) electrons. The van der Waals surface area contributed by atoms with Crippen LogP contribution in [0, 0.1) is 5.92 Å². The molecule has 0 saturated carbocycles. The third-order valence-corrected chi connectivity index (χ3v) is 2.78. The van der Waals surface area contributed by atoms with Crippen molar-refractivity contribution >= 4 is 11.9 Å². The van der Waals surface area contributed by atoms with Crippen LogP contribution in [0.5, 0.6) is 0 Å². The molecule has 0 bridgehead atoms. The molecule has 0 heterocycles. The molecule has 0 fully saturated rings. The Balaban J connectivity index is 4.72. The number of carbonyl (C=O) groups is 2. The van der Waals surface area contributed by atoms with Gasteiger partial charge in [0.15, 0.2) is 0 Å². The van der Waals surface area contributed by atoms with Crippen molar-refractivity contribution in [3.8, 4) is 0 Å². The molecule has 0 spiro atoms. The molecule has 0 aliphatic heterocycles. The quantitative estimate of drug-likeness (QED) is 0.761. The highest BCUT2D eigenvalue weighted by Crippen LogP contribution is 2.15. The van der Waals surface area contributed by atoms with Crippen LogP contribution < -0.4 is 5.32 Å². The van der Waals surface area contributed by atoms with Crippen molar-refractivity contribution < 1.29 is 19.1 Å². The van der Waals surface area contributed by atoms with Crippen molar-refractivity contribution in [1.82, 2.24) is 5.32 Å². The monoisotopic (exact) mass is 287 g/mol. The minimum Gasteiger partial charge on any atom is -0.458 e. The van der Waals surface area contributed by atoms with Gasteiger partial charge in [-0.05, 0) is 40.5 Å². The highest BCUT2D eigenvalue weighted by atomic mass is 16.6. The van der Waals surface area contributed by atoms with Crippen molar-refractivity contribution in [3.63, 3.8) is 0 Å². The number of esters is 1. The van der Waals surface area contributed by atoms with Gasteiger partial charge in [-0.25, -0.2) is 4.79 Å². The lowest BCUT2D eigenvalue weighted by Gasteiger charge is -2.28. The Bertz CT molecular complexity index is 342. The van der Waals surface area contributed by atoms with E-state index in [1.54, 1.807) is 27.9 Å². The number of rotatable bonds is 6.